The lowest BCUT2D eigenvalue weighted by Gasteiger charge is -2.04. The normalized spacial score (nSPS) is 10.6. The molecule has 0 bridgehead atoms. The van der Waals surface area contributed by atoms with Gasteiger partial charge in [0.25, 0.3) is 11.1 Å². The fourth-order valence-corrected chi connectivity index (χ4v) is 2.91. The number of hydrogen-bond acceptors (Lipinski definition) is 6. The first-order valence-electron chi connectivity index (χ1n) is 8.70. The number of nitrogens with one attached hydrogen (secondary N) is 1. The van der Waals surface area contributed by atoms with Crippen molar-refractivity contribution in [1.82, 2.24) is 15.5 Å². The SMILES string of the molecule is CCc1ccc(OCc2nnc(SCC(=O)NCc3ccccc3)o2)cc1. The minimum absolute atomic E-state index is 0.0872. The van der Waals surface area contributed by atoms with Gasteiger partial charge in [-0.05, 0) is 29.7 Å². The highest BCUT2D eigenvalue weighted by Crippen LogP contribution is 2.18. The van der Waals surface area contributed by atoms with Crippen LogP contribution in [0.2, 0.25) is 0 Å². The summed E-state index contributed by atoms with van der Waals surface area (Å²) in [4.78, 5) is 11.9. The van der Waals surface area contributed by atoms with Crippen LogP contribution in [0.4, 0.5) is 0 Å². The Hall–Kier alpha value is -2.80. The highest BCUT2D eigenvalue weighted by molar-refractivity contribution is 7.99. The summed E-state index contributed by atoms with van der Waals surface area (Å²) < 4.78 is 11.1. The second-order valence-corrected chi connectivity index (χ2v) is 6.73. The van der Waals surface area contributed by atoms with Gasteiger partial charge in [-0.1, -0.05) is 61.2 Å². The molecule has 1 amide bonds. The number of benzene rings is 2. The first kappa shape index (κ1) is 19.0. The van der Waals surface area contributed by atoms with E-state index in [-0.39, 0.29) is 18.3 Å². The van der Waals surface area contributed by atoms with E-state index in [9.17, 15) is 4.79 Å². The van der Waals surface area contributed by atoms with Crippen LogP contribution in [-0.4, -0.2) is 21.9 Å². The van der Waals surface area contributed by atoms with E-state index in [4.69, 9.17) is 9.15 Å². The smallest absolute Gasteiger partial charge is 0.277 e. The zero-order chi connectivity index (χ0) is 18.9. The molecule has 2 aromatic carbocycles. The Morgan fingerprint density at radius 2 is 1.85 bits per heavy atom. The Labute approximate surface area is 162 Å². The van der Waals surface area contributed by atoms with E-state index in [0.717, 1.165) is 17.7 Å². The fraction of sp³-hybridized carbons (Fsp3) is 0.250. The van der Waals surface area contributed by atoms with Gasteiger partial charge < -0.3 is 14.5 Å². The van der Waals surface area contributed by atoms with Crippen LogP contribution in [0.15, 0.2) is 64.2 Å². The summed E-state index contributed by atoms with van der Waals surface area (Å²) >= 11 is 1.20. The molecule has 1 N–H and O–H groups in total. The topological polar surface area (TPSA) is 77.2 Å². The summed E-state index contributed by atoms with van der Waals surface area (Å²) in [6, 6.07) is 17.6. The molecular weight excluding hydrogens is 362 g/mol. The first-order chi connectivity index (χ1) is 13.2. The summed E-state index contributed by atoms with van der Waals surface area (Å²) in [6.07, 6.45) is 0.990. The number of nitrogens with zero attached hydrogens (tertiary/aromatic N) is 2. The van der Waals surface area contributed by atoms with E-state index in [1.165, 1.54) is 17.3 Å². The summed E-state index contributed by atoms with van der Waals surface area (Å²) in [7, 11) is 0. The largest absolute Gasteiger partial charge is 0.484 e. The predicted octanol–water partition coefficient (Wildman–Crippen LogP) is 3.62. The van der Waals surface area contributed by atoms with E-state index in [2.05, 4.69) is 22.4 Å². The second kappa shape index (κ2) is 9.78. The van der Waals surface area contributed by atoms with Crippen LogP contribution in [0.1, 0.15) is 23.9 Å². The molecule has 0 aliphatic heterocycles. The molecule has 0 spiro atoms. The molecule has 0 atom stereocenters. The van der Waals surface area contributed by atoms with Gasteiger partial charge in [0.1, 0.15) is 5.75 Å². The van der Waals surface area contributed by atoms with Crippen molar-refractivity contribution in [1.29, 1.82) is 0 Å². The summed E-state index contributed by atoms with van der Waals surface area (Å²) in [5, 5.41) is 11.1. The van der Waals surface area contributed by atoms with Gasteiger partial charge in [-0.2, -0.15) is 0 Å². The van der Waals surface area contributed by atoms with Crippen molar-refractivity contribution in [3.63, 3.8) is 0 Å². The van der Waals surface area contributed by atoms with Crippen molar-refractivity contribution in [2.45, 2.75) is 31.7 Å². The number of rotatable bonds is 9. The van der Waals surface area contributed by atoms with Crippen LogP contribution in [0.3, 0.4) is 0 Å². The maximum atomic E-state index is 11.9. The number of aromatic nitrogens is 2. The van der Waals surface area contributed by atoms with Crippen LogP contribution in [0, 0.1) is 0 Å². The quantitative estimate of drug-likeness (QED) is 0.569. The molecule has 0 aliphatic carbocycles. The van der Waals surface area contributed by atoms with Gasteiger partial charge in [0.2, 0.25) is 5.91 Å². The third-order valence-electron chi connectivity index (χ3n) is 3.80. The molecule has 27 heavy (non-hydrogen) atoms. The Kier molecular flexibility index (Phi) is 6.87. The lowest BCUT2D eigenvalue weighted by Crippen LogP contribution is -2.24. The van der Waals surface area contributed by atoms with Crippen LogP contribution in [0.25, 0.3) is 0 Å². The highest BCUT2D eigenvalue weighted by atomic mass is 32.2. The number of carbonyl (C=O) groups is 1. The molecule has 6 nitrogen and oxygen atoms in total. The second-order valence-electron chi connectivity index (χ2n) is 5.80. The molecule has 1 heterocycles. The lowest BCUT2D eigenvalue weighted by atomic mass is 10.2. The third-order valence-corrected chi connectivity index (χ3v) is 4.62. The van der Waals surface area contributed by atoms with Crippen LogP contribution >= 0.6 is 11.8 Å². The molecule has 0 saturated carbocycles. The molecule has 3 rings (SSSR count). The maximum absolute atomic E-state index is 11.9. The minimum atomic E-state index is -0.0872. The van der Waals surface area contributed by atoms with Gasteiger partial charge in [0.15, 0.2) is 6.61 Å². The Balaban J connectivity index is 1.40. The maximum Gasteiger partial charge on any atom is 0.277 e. The molecule has 0 radical (unpaired) electrons. The Morgan fingerprint density at radius 3 is 2.59 bits per heavy atom. The molecule has 0 unspecified atom stereocenters. The number of ether oxygens (including phenoxy) is 1. The van der Waals surface area contributed by atoms with Crippen molar-refractivity contribution in [2.24, 2.45) is 0 Å². The Bertz CT molecular complexity index is 850. The molecule has 140 valence electrons. The van der Waals surface area contributed by atoms with Crippen LogP contribution in [-0.2, 0) is 24.4 Å². The highest BCUT2D eigenvalue weighted by Gasteiger charge is 2.10. The lowest BCUT2D eigenvalue weighted by molar-refractivity contribution is -0.118. The zero-order valence-corrected chi connectivity index (χ0v) is 15.9. The minimum Gasteiger partial charge on any atom is -0.484 e. The third kappa shape index (κ3) is 6.14. The fourth-order valence-electron chi connectivity index (χ4n) is 2.30. The van der Waals surface area contributed by atoms with Crippen molar-refractivity contribution >= 4 is 17.7 Å². The molecular formula is C20H21N3O3S. The van der Waals surface area contributed by atoms with Gasteiger partial charge >= 0.3 is 0 Å². The predicted molar refractivity (Wildman–Crippen MR) is 103 cm³/mol. The molecule has 0 aliphatic rings. The summed E-state index contributed by atoms with van der Waals surface area (Å²) in [5.74, 6) is 1.26. The molecule has 1 aromatic heterocycles. The van der Waals surface area contributed by atoms with Gasteiger partial charge in [0.05, 0.1) is 5.75 Å². The average molecular weight is 383 g/mol. The van der Waals surface area contributed by atoms with Gasteiger partial charge in [0, 0.05) is 6.54 Å². The first-order valence-corrected chi connectivity index (χ1v) is 9.69. The van der Waals surface area contributed by atoms with Crippen molar-refractivity contribution in [3.05, 3.63) is 71.6 Å². The monoisotopic (exact) mass is 383 g/mol. The molecule has 0 fully saturated rings. The van der Waals surface area contributed by atoms with Crippen LogP contribution in [0.5, 0.6) is 5.75 Å². The zero-order valence-electron chi connectivity index (χ0n) is 15.1. The van der Waals surface area contributed by atoms with E-state index < -0.39 is 0 Å². The average Bonchev–Trinajstić information content (AvgIpc) is 3.18. The Morgan fingerprint density at radius 1 is 1.07 bits per heavy atom. The van der Waals surface area contributed by atoms with Crippen molar-refractivity contribution in [3.8, 4) is 5.75 Å². The summed E-state index contributed by atoms with van der Waals surface area (Å²) in [5.41, 5.74) is 2.31. The van der Waals surface area contributed by atoms with Crippen molar-refractivity contribution < 1.29 is 13.9 Å². The van der Waals surface area contributed by atoms with Gasteiger partial charge in [-0.25, -0.2) is 0 Å². The molecule has 0 saturated heterocycles. The van der Waals surface area contributed by atoms with E-state index in [0.29, 0.717) is 17.7 Å². The van der Waals surface area contributed by atoms with Gasteiger partial charge in [-0.15, -0.1) is 10.2 Å². The van der Waals surface area contributed by atoms with Gasteiger partial charge in [-0.3, -0.25) is 4.79 Å². The standard InChI is InChI=1S/C20H21N3O3S/c1-2-15-8-10-17(11-9-15)25-13-19-22-23-20(26-19)27-14-18(24)21-12-16-6-4-3-5-7-16/h3-11H,2,12-14H2,1H3,(H,21,24). The van der Waals surface area contributed by atoms with E-state index in [1.807, 2.05) is 54.6 Å². The van der Waals surface area contributed by atoms with E-state index >= 15 is 0 Å². The molecule has 3 aromatic rings. The van der Waals surface area contributed by atoms with Crippen molar-refractivity contribution in [2.75, 3.05) is 5.75 Å². The molecule has 7 heteroatoms. The van der Waals surface area contributed by atoms with Crippen LogP contribution < -0.4 is 10.1 Å². The number of amides is 1. The summed E-state index contributed by atoms with van der Waals surface area (Å²) in [6.45, 7) is 2.80. The number of thioether (sulfide) groups is 1. The number of hydrogen-bond donors (Lipinski definition) is 1. The number of carbonyl (C=O) groups excluding carboxylic acids is 1. The van der Waals surface area contributed by atoms with E-state index in [1.54, 1.807) is 0 Å². The number of aryl methyl sites for hydroxylation is 1.